The molecule has 5 rings (SSSR count). The molecule has 0 radical (unpaired) electrons. The maximum Gasteiger partial charge on any atom is 0.296 e. The molecule has 0 aliphatic heterocycles. The molecule has 0 bridgehead atoms. The quantitative estimate of drug-likeness (QED) is 0.171. The van der Waals surface area contributed by atoms with Crippen molar-refractivity contribution in [2.24, 2.45) is 45.8 Å². The van der Waals surface area contributed by atoms with Gasteiger partial charge in [-0.15, -0.1) is 0 Å². The largest absolute Gasteiger partial charge is 0.413 e. The Kier molecular flexibility index (Phi) is 10.6. The van der Waals surface area contributed by atoms with Crippen LogP contribution < -0.4 is 0 Å². The second kappa shape index (κ2) is 13.4. The number of rotatable bonds is 11. The Morgan fingerprint density at radius 1 is 0.896 bits per heavy atom. The first-order valence-electron chi connectivity index (χ1n) is 19.2. The van der Waals surface area contributed by atoms with Crippen molar-refractivity contribution >= 4 is 18.4 Å². The van der Waals surface area contributed by atoms with Crippen molar-refractivity contribution in [2.75, 3.05) is 6.61 Å². The molecule has 4 aliphatic carbocycles. The first-order chi connectivity index (χ1) is 22.1. The molecule has 0 amide bonds. The number of hydrogen-bond donors (Lipinski definition) is 0. The zero-order valence-electron chi connectivity index (χ0n) is 32.5. The van der Waals surface area contributed by atoms with Crippen molar-refractivity contribution in [3.8, 4) is 0 Å². The SMILES string of the molecule is Cc1ccc(S(=O)(=O)OC[C@H](C)CCC[C@@H](C)[C@H]2CC[C@H]3C4=CC=C5C(C)(C)C(O[Si](C)(C)C(C)(C)C)CC[C@]5(C)[C@H]4CC[C@]23C)cc1. The minimum absolute atomic E-state index is 0.0467. The molecule has 3 fully saturated rings. The maximum absolute atomic E-state index is 12.7. The molecule has 48 heavy (non-hydrogen) atoms. The first kappa shape index (κ1) is 38.0. The Morgan fingerprint density at radius 3 is 2.21 bits per heavy atom. The Bertz CT molecular complexity index is 1480. The third-order valence-electron chi connectivity index (χ3n) is 14.5. The molecule has 1 aromatic rings. The number of fused-ring (bicyclic) bond motifs is 5. The van der Waals surface area contributed by atoms with Crippen LogP contribution in [0.15, 0.2) is 52.5 Å². The van der Waals surface area contributed by atoms with E-state index in [1.807, 2.05) is 19.1 Å². The van der Waals surface area contributed by atoms with Crippen molar-refractivity contribution < 1.29 is 17.0 Å². The van der Waals surface area contributed by atoms with E-state index in [2.05, 4.69) is 87.6 Å². The topological polar surface area (TPSA) is 52.6 Å². The third-order valence-corrected chi connectivity index (χ3v) is 20.3. The van der Waals surface area contributed by atoms with Crippen LogP contribution >= 0.6 is 0 Å². The van der Waals surface area contributed by atoms with Gasteiger partial charge in [-0.3, -0.25) is 4.18 Å². The highest BCUT2D eigenvalue weighted by Gasteiger charge is 2.60. The summed E-state index contributed by atoms with van der Waals surface area (Å²) in [5, 5.41) is 0.222. The minimum Gasteiger partial charge on any atom is -0.413 e. The van der Waals surface area contributed by atoms with Gasteiger partial charge in [0.2, 0.25) is 0 Å². The molecule has 0 spiro atoms. The molecule has 1 unspecified atom stereocenters. The van der Waals surface area contributed by atoms with Gasteiger partial charge in [0.15, 0.2) is 8.32 Å². The molecule has 270 valence electrons. The number of aryl methyl sites for hydroxylation is 1. The maximum atomic E-state index is 12.7. The highest BCUT2D eigenvalue weighted by atomic mass is 32.2. The van der Waals surface area contributed by atoms with E-state index in [1.165, 1.54) is 44.9 Å². The summed E-state index contributed by atoms with van der Waals surface area (Å²) in [5.41, 5.74) is 5.11. The fourth-order valence-corrected chi connectivity index (χ4v) is 13.0. The zero-order chi connectivity index (χ0) is 35.5. The molecule has 0 N–H and O–H groups in total. The summed E-state index contributed by atoms with van der Waals surface area (Å²) < 4.78 is 38.0. The standard InChI is InChI=1S/C42H68O4SSi/c1-29-16-18-32(19-17-29)47(43,44)45-28-30(2)14-13-15-31(3)34-21-22-35-33-20-23-37-40(7,8)38(46-48(11,12)39(4,5)6)25-27-42(37,10)36(33)24-26-41(34,35)9/h16-20,23,30-31,34-36,38H,13-15,21-22,24-28H2,1-12H3/t30-,31-,34-,35+,36+,38?,41-,42-/m1/s1. The summed E-state index contributed by atoms with van der Waals surface area (Å²) in [6.07, 6.45) is 16.5. The molecular weight excluding hydrogens is 629 g/mol. The van der Waals surface area contributed by atoms with E-state index in [0.29, 0.717) is 29.3 Å². The Morgan fingerprint density at radius 2 is 1.56 bits per heavy atom. The summed E-state index contributed by atoms with van der Waals surface area (Å²) in [6, 6.07) is 6.91. The van der Waals surface area contributed by atoms with Gasteiger partial charge in [0, 0.05) is 5.41 Å². The van der Waals surface area contributed by atoms with Crippen LogP contribution in [0.5, 0.6) is 0 Å². The lowest BCUT2D eigenvalue weighted by Gasteiger charge is -2.60. The van der Waals surface area contributed by atoms with Gasteiger partial charge < -0.3 is 4.43 Å². The van der Waals surface area contributed by atoms with Crippen molar-refractivity contribution in [3.05, 3.63) is 53.1 Å². The van der Waals surface area contributed by atoms with Gasteiger partial charge >= 0.3 is 0 Å². The molecule has 1 aromatic carbocycles. The predicted molar refractivity (Wildman–Crippen MR) is 203 cm³/mol. The van der Waals surface area contributed by atoms with Crippen LogP contribution in [0.25, 0.3) is 0 Å². The fourth-order valence-electron chi connectivity index (χ4n) is 10.5. The van der Waals surface area contributed by atoms with Crippen molar-refractivity contribution in [1.29, 1.82) is 0 Å². The van der Waals surface area contributed by atoms with Crippen molar-refractivity contribution in [1.82, 2.24) is 0 Å². The Labute approximate surface area is 296 Å². The lowest BCUT2D eigenvalue weighted by Crippen LogP contribution is -2.55. The Balaban J connectivity index is 1.21. The fraction of sp³-hybridized carbons (Fsp3) is 0.762. The van der Waals surface area contributed by atoms with Crippen LogP contribution in [-0.4, -0.2) is 29.4 Å². The monoisotopic (exact) mass is 696 g/mol. The number of allylic oxidation sites excluding steroid dienone is 3. The predicted octanol–water partition coefficient (Wildman–Crippen LogP) is 11.7. The molecule has 3 saturated carbocycles. The summed E-state index contributed by atoms with van der Waals surface area (Å²) in [7, 11) is -5.56. The van der Waals surface area contributed by atoms with E-state index in [0.717, 1.165) is 24.3 Å². The zero-order valence-corrected chi connectivity index (χ0v) is 34.4. The van der Waals surface area contributed by atoms with Crippen LogP contribution in [-0.2, 0) is 18.7 Å². The summed E-state index contributed by atoms with van der Waals surface area (Å²) in [5.74, 6) is 2.99. The summed E-state index contributed by atoms with van der Waals surface area (Å²) in [6.45, 7) is 28.9. The number of hydrogen-bond acceptors (Lipinski definition) is 4. The van der Waals surface area contributed by atoms with Crippen LogP contribution in [0.4, 0.5) is 0 Å². The van der Waals surface area contributed by atoms with E-state index in [9.17, 15) is 8.42 Å². The van der Waals surface area contributed by atoms with Gasteiger partial charge in [-0.25, -0.2) is 0 Å². The average Bonchev–Trinajstić information content (AvgIpc) is 3.35. The smallest absolute Gasteiger partial charge is 0.296 e. The average molecular weight is 697 g/mol. The molecule has 6 heteroatoms. The van der Waals surface area contributed by atoms with Crippen LogP contribution in [0.3, 0.4) is 0 Å². The first-order valence-corrected chi connectivity index (χ1v) is 23.5. The molecule has 0 heterocycles. The molecular formula is C42H68O4SSi. The van der Waals surface area contributed by atoms with Crippen molar-refractivity contribution in [3.63, 3.8) is 0 Å². The van der Waals surface area contributed by atoms with Gasteiger partial charge in [0.05, 0.1) is 17.6 Å². The highest BCUT2D eigenvalue weighted by molar-refractivity contribution is 7.86. The van der Waals surface area contributed by atoms with E-state index < -0.39 is 18.4 Å². The lowest BCUT2D eigenvalue weighted by atomic mass is 9.46. The van der Waals surface area contributed by atoms with E-state index in [4.69, 9.17) is 8.61 Å². The van der Waals surface area contributed by atoms with Gasteiger partial charge in [-0.05, 0) is 123 Å². The minimum atomic E-state index is -3.71. The van der Waals surface area contributed by atoms with Crippen LogP contribution in [0, 0.1) is 52.8 Å². The van der Waals surface area contributed by atoms with Gasteiger partial charge in [-0.2, -0.15) is 8.42 Å². The van der Waals surface area contributed by atoms with Crippen molar-refractivity contribution in [2.45, 2.75) is 156 Å². The second-order valence-corrected chi connectivity index (χ2v) is 25.6. The highest BCUT2D eigenvalue weighted by Crippen LogP contribution is 2.68. The van der Waals surface area contributed by atoms with E-state index in [-0.39, 0.29) is 33.3 Å². The summed E-state index contributed by atoms with van der Waals surface area (Å²) in [4.78, 5) is 0.244. The second-order valence-electron chi connectivity index (χ2n) is 19.2. The van der Waals surface area contributed by atoms with Gasteiger partial charge in [-0.1, -0.05) is 116 Å². The molecule has 4 aliphatic rings. The molecule has 0 aromatic heterocycles. The summed E-state index contributed by atoms with van der Waals surface area (Å²) >= 11 is 0. The van der Waals surface area contributed by atoms with Gasteiger partial charge in [0.1, 0.15) is 0 Å². The van der Waals surface area contributed by atoms with Gasteiger partial charge in [0.25, 0.3) is 10.1 Å². The Hall–Kier alpha value is -1.21. The third kappa shape index (κ3) is 7.00. The molecule has 8 atom stereocenters. The lowest BCUT2D eigenvalue weighted by molar-refractivity contribution is -0.0113. The van der Waals surface area contributed by atoms with Crippen LogP contribution in [0.1, 0.15) is 126 Å². The molecule has 0 saturated heterocycles. The normalized spacial score (nSPS) is 33.2. The van der Waals surface area contributed by atoms with E-state index in [1.54, 1.807) is 23.3 Å². The van der Waals surface area contributed by atoms with Crippen LogP contribution in [0.2, 0.25) is 18.1 Å². The molecule has 4 nitrogen and oxygen atoms in total. The number of benzene rings is 1. The van der Waals surface area contributed by atoms with E-state index >= 15 is 0 Å².